The van der Waals surface area contributed by atoms with Crippen molar-refractivity contribution in [2.75, 3.05) is 0 Å². The number of para-hydroxylation sites is 2. The lowest BCUT2D eigenvalue weighted by Gasteiger charge is -2.07. The molecule has 0 bridgehead atoms. The van der Waals surface area contributed by atoms with E-state index in [4.69, 9.17) is 14.5 Å². The number of benzene rings is 3. The van der Waals surface area contributed by atoms with Crippen LogP contribution < -0.4 is 10.4 Å². The Hall–Kier alpha value is -4.69. The highest BCUT2D eigenvalue weighted by Crippen LogP contribution is 2.28. The van der Waals surface area contributed by atoms with Gasteiger partial charge in [0.1, 0.15) is 11.3 Å². The van der Waals surface area contributed by atoms with Crippen molar-refractivity contribution in [3.05, 3.63) is 123 Å². The molecule has 0 atom stereocenters. The van der Waals surface area contributed by atoms with Gasteiger partial charge in [0.25, 0.3) is 5.56 Å². The maximum absolute atomic E-state index is 13.5. The van der Waals surface area contributed by atoms with Gasteiger partial charge in [0.05, 0.1) is 17.6 Å². The van der Waals surface area contributed by atoms with E-state index in [9.17, 15) is 4.79 Å². The molecule has 0 aliphatic carbocycles. The van der Waals surface area contributed by atoms with Gasteiger partial charge in [-0.1, -0.05) is 66.7 Å². The second-order valence-corrected chi connectivity index (χ2v) is 9.38. The van der Waals surface area contributed by atoms with Gasteiger partial charge in [-0.15, -0.1) is 11.3 Å². The molecule has 0 amide bonds. The fraction of sp³-hybridized carbons (Fsp3) is 0.0690. The molecule has 0 N–H and O–H groups in total. The number of fused-ring (bicyclic) bond motifs is 1. The van der Waals surface area contributed by atoms with Crippen LogP contribution in [0.5, 0.6) is 0 Å². The van der Waals surface area contributed by atoms with Crippen molar-refractivity contribution in [1.29, 1.82) is 0 Å². The third-order valence-corrected chi connectivity index (χ3v) is 7.03. The summed E-state index contributed by atoms with van der Waals surface area (Å²) >= 11 is 1.40. The summed E-state index contributed by atoms with van der Waals surface area (Å²) in [5, 5.41) is 7.71. The highest BCUT2D eigenvalue weighted by molar-refractivity contribution is 7.07. The molecule has 182 valence electrons. The largest absolute Gasteiger partial charge is 0.454 e. The molecule has 3 heterocycles. The summed E-state index contributed by atoms with van der Waals surface area (Å²) in [5.74, 6) is 0.676. The molecule has 0 saturated heterocycles. The Bertz CT molecular complexity index is 1840. The van der Waals surface area contributed by atoms with Crippen molar-refractivity contribution >= 4 is 34.2 Å². The maximum Gasteiger partial charge on any atom is 0.297 e. The predicted octanol–water partition coefficient (Wildman–Crippen LogP) is 5.88. The lowest BCUT2D eigenvalue weighted by molar-refractivity contribution is 0.622. The summed E-state index contributed by atoms with van der Waals surface area (Å²) in [6.45, 7) is 1.89. The van der Waals surface area contributed by atoms with E-state index >= 15 is 0 Å². The zero-order chi connectivity index (χ0) is 25.4. The third-order valence-electron chi connectivity index (χ3n) is 6.22. The molecular weight excluding hydrogens is 482 g/mol. The van der Waals surface area contributed by atoms with Gasteiger partial charge in [0, 0.05) is 17.8 Å². The Labute approximate surface area is 216 Å². The quantitative estimate of drug-likeness (QED) is 0.275. The fourth-order valence-corrected chi connectivity index (χ4v) is 5.03. The van der Waals surface area contributed by atoms with E-state index in [0.29, 0.717) is 16.2 Å². The average Bonchev–Trinajstić information content (AvgIpc) is 3.60. The van der Waals surface area contributed by atoms with E-state index in [-0.39, 0.29) is 5.56 Å². The Morgan fingerprint density at radius 1 is 0.919 bits per heavy atom. The fourth-order valence-electron chi connectivity index (χ4n) is 4.21. The maximum atomic E-state index is 13.5. The number of thiazole rings is 1. The topological polar surface area (TPSA) is 69.7 Å². The summed E-state index contributed by atoms with van der Waals surface area (Å²) in [4.78, 5) is 18.9. The lowest BCUT2D eigenvalue weighted by Crippen LogP contribution is -2.19. The smallest absolute Gasteiger partial charge is 0.297 e. The van der Waals surface area contributed by atoms with E-state index in [1.165, 1.54) is 11.3 Å². The van der Waals surface area contributed by atoms with Gasteiger partial charge in [0.15, 0.2) is 11.4 Å². The van der Waals surface area contributed by atoms with Gasteiger partial charge in [-0.05, 0) is 36.8 Å². The second kappa shape index (κ2) is 9.40. The van der Waals surface area contributed by atoms with E-state index in [1.54, 1.807) is 15.6 Å². The van der Waals surface area contributed by atoms with Gasteiger partial charge in [-0.25, -0.2) is 14.4 Å². The van der Waals surface area contributed by atoms with Crippen LogP contribution in [0.2, 0.25) is 0 Å². The molecule has 0 fully saturated rings. The molecule has 6 rings (SSSR count). The molecule has 7 nitrogen and oxygen atoms in total. The van der Waals surface area contributed by atoms with Crippen LogP contribution in [0.25, 0.3) is 28.1 Å². The van der Waals surface area contributed by atoms with Crippen LogP contribution in [0, 0.1) is 6.92 Å². The minimum Gasteiger partial charge on any atom is -0.454 e. The van der Waals surface area contributed by atoms with Crippen molar-refractivity contribution in [2.45, 2.75) is 6.92 Å². The normalized spacial score (nSPS) is 12.2. The monoisotopic (exact) mass is 505 g/mol. The van der Waals surface area contributed by atoms with Crippen molar-refractivity contribution in [1.82, 2.24) is 14.0 Å². The predicted molar refractivity (Wildman–Crippen MR) is 148 cm³/mol. The van der Waals surface area contributed by atoms with Gasteiger partial charge in [-0.3, -0.25) is 9.48 Å². The van der Waals surface area contributed by atoms with E-state index in [0.717, 1.165) is 33.6 Å². The number of hydrogen-bond acceptors (Lipinski definition) is 5. The van der Waals surface area contributed by atoms with E-state index < -0.39 is 0 Å². The second-order valence-electron chi connectivity index (χ2n) is 8.54. The van der Waals surface area contributed by atoms with Crippen molar-refractivity contribution in [3.63, 3.8) is 0 Å². The summed E-state index contributed by atoms with van der Waals surface area (Å²) in [7, 11) is 1.86. The zero-order valence-corrected chi connectivity index (χ0v) is 21.1. The molecule has 37 heavy (non-hydrogen) atoms. The van der Waals surface area contributed by atoms with Gasteiger partial charge in [0.2, 0.25) is 4.80 Å². The van der Waals surface area contributed by atoms with Gasteiger partial charge in [-0.2, -0.15) is 5.10 Å². The lowest BCUT2D eigenvalue weighted by atomic mass is 10.2. The molecule has 0 spiro atoms. The number of furan rings is 1. The summed E-state index contributed by atoms with van der Waals surface area (Å²) in [6.07, 6.45) is 1.78. The first-order valence-corrected chi connectivity index (χ1v) is 12.7. The molecule has 6 aromatic rings. The summed E-state index contributed by atoms with van der Waals surface area (Å²) in [5.41, 5.74) is 4.21. The zero-order valence-electron chi connectivity index (χ0n) is 20.3. The van der Waals surface area contributed by atoms with Crippen molar-refractivity contribution in [2.24, 2.45) is 17.1 Å². The Morgan fingerprint density at radius 3 is 2.38 bits per heavy atom. The van der Waals surface area contributed by atoms with Crippen LogP contribution >= 0.6 is 11.3 Å². The Kier molecular flexibility index (Phi) is 5.78. The van der Waals surface area contributed by atoms with Gasteiger partial charge < -0.3 is 4.42 Å². The first-order valence-electron chi connectivity index (χ1n) is 11.8. The number of nitrogens with zero attached hydrogens (tertiary/aromatic N) is 5. The van der Waals surface area contributed by atoms with Crippen LogP contribution in [0.1, 0.15) is 11.3 Å². The van der Waals surface area contributed by atoms with Crippen LogP contribution in [0.4, 0.5) is 5.69 Å². The van der Waals surface area contributed by atoms with Crippen LogP contribution in [0.15, 0.2) is 116 Å². The first-order chi connectivity index (χ1) is 18.1. The first kappa shape index (κ1) is 22.8. The van der Waals surface area contributed by atoms with Crippen LogP contribution in [-0.4, -0.2) is 20.3 Å². The number of rotatable bonds is 5. The standard InChI is InChI=1S/C29H23N5O2S/c1-20-27(28(35)34(32(20)2)23-14-7-4-8-15-23)31-29-33(30-18-21-11-5-3-6-12-21)24(19-37-29)26-17-22-13-9-10-16-25(22)36-26/h3-19H,1-2H3. The summed E-state index contributed by atoms with van der Waals surface area (Å²) in [6, 6.07) is 29.3. The minimum atomic E-state index is -0.191. The average molecular weight is 506 g/mol. The van der Waals surface area contributed by atoms with Crippen LogP contribution in [0.3, 0.4) is 0 Å². The van der Waals surface area contributed by atoms with E-state index in [1.807, 2.05) is 115 Å². The summed E-state index contributed by atoms with van der Waals surface area (Å²) < 4.78 is 11.3. The molecule has 0 aliphatic rings. The SMILES string of the molecule is Cc1c(N=c2scc(-c3cc4ccccc4o3)n2N=Cc2ccccc2)c(=O)n(-c2ccccc2)n1C. The van der Waals surface area contributed by atoms with Gasteiger partial charge >= 0.3 is 0 Å². The number of aromatic nitrogens is 3. The molecule has 0 aliphatic heterocycles. The molecule has 0 radical (unpaired) electrons. The molecule has 0 saturated carbocycles. The Balaban J connectivity index is 1.54. The molecular formula is C29H23N5O2S. The minimum absolute atomic E-state index is 0.191. The molecule has 3 aromatic heterocycles. The van der Waals surface area contributed by atoms with Crippen LogP contribution in [-0.2, 0) is 7.05 Å². The molecule has 3 aromatic carbocycles. The van der Waals surface area contributed by atoms with E-state index in [2.05, 4.69) is 0 Å². The number of hydrogen-bond donors (Lipinski definition) is 0. The highest BCUT2D eigenvalue weighted by Gasteiger charge is 2.18. The van der Waals surface area contributed by atoms with Crippen molar-refractivity contribution < 1.29 is 4.42 Å². The van der Waals surface area contributed by atoms with Crippen molar-refractivity contribution in [3.8, 4) is 17.1 Å². The Morgan fingerprint density at radius 2 is 1.62 bits per heavy atom. The third kappa shape index (κ3) is 4.17. The molecule has 0 unspecified atom stereocenters. The highest BCUT2D eigenvalue weighted by atomic mass is 32.1. The molecule has 8 heteroatoms.